The van der Waals surface area contributed by atoms with E-state index in [0.29, 0.717) is 5.56 Å². The van der Waals surface area contributed by atoms with Crippen molar-refractivity contribution < 1.29 is 23.8 Å². The molecule has 128 valence electrons. The summed E-state index contributed by atoms with van der Waals surface area (Å²) in [6.45, 7) is 3.79. The van der Waals surface area contributed by atoms with Crippen molar-refractivity contribution in [3.05, 3.63) is 65.5 Å². The lowest BCUT2D eigenvalue weighted by Crippen LogP contribution is -2.29. The van der Waals surface area contributed by atoms with Crippen molar-refractivity contribution in [3.8, 4) is 5.75 Å². The fraction of sp³-hybridized carbons (Fsp3) is 0.316. The minimum absolute atomic E-state index is 0.101. The second-order valence-corrected chi connectivity index (χ2v) is 5.75. The number of carboxylic acids is 1. The van der Waals surface area contributed by atoms with E-state index < -0.39 is 17.9 Å². The van der Waals surface area contributed by atoms with Gasteiger partial charge in [0.25, 0.3) is 0 Å². The summed E-state index contributed by atoms with van der Waals surface area (Å²) in [4.78, 5) is 11.2. The molecule has 0 heterocycles. The molecule has 24 heavy (non-hydrogen) atoms. The molecule has 0 aliphatic carbocycles. The first-order valence-electron chi connectivity index (χ1n) is 7.79. The lowest BCUT2D eigenvalue weighted by Gasteiger charge is -2.17. The number of hydrogen-bond acceptors (Lipinski definition) is 3. The van der Waals surface area contributed by atoms with E-state index in [0.717, 1.165) is 5.56 Å². The molecule has 5 heteroatoms. The van der Waals surface area contributed by atoms with Crippen LogP contribution in [0.1, 0.15) is 25.0 Å². The fourth-order valence-corrected chi connectivity index (χ4v) is 2.26. The summed E-state index contributed by atoms with van der Waals surface area (Å²) in [7, 11) is 0. The van der Waals surface area contributed by atoms with E-state index in [2.05, 4.69) is 0 Å². The highest BCUT2D eigenvalue weighted by Crippen LogP contribution is 2.21. The van der Waals surface area contributed by atoms with Crippen LogP contribution >= 0.6 is 0 Å². The number of hydrogen-bond donors (Lipinski definition) is 1. The molecule has 1 atom stereocenters. The number of carbonyl (C=O) groups is 1. The average Bonchev–Trinajstić information content (AvgIpc) is 2.54. The largest absolute Gasteiger partial charge is 0.486 e. The Morgan fingerprint density at radius 3 is 2.42 bits per heavy atom. The molecule has 2 rings (SSSR count). The molecule has 0 radical (unpaired) electrons. The van der Waals surface area contributed by atoms with Crippen LogP contribution < -0.4 is 4.74 Å². The number of benzene rings is 2. The van der Waals surface area contributed by atoms with Crippen molar-refractivity contribution in [2.75, 3.05) is 0 Å². The maximum absolute atomic E-state index is 14.2. The van der Waals surface area contributed by atoms with E-state index in [1.807, 2.05) is 30.3 Å². The van der Waals surface area contributed by atoms with Crippen molar-refractivity contribution in [3.63, 3.8) is 0 Å². The standard InChI is InChI=1S/C19H21FO4/c1-13(2)24-18(19(21)22)11-15-8-9-17(16(20)10-15)23-12-14-6-4-3-5-7-14/h3-10,13,18H,11-12H2,1-2H3,(H,21,22). The van der Waals surface area contributed by atoms with Gasteiger partial charge in [0.1, 0.15) is 6.61 Å². The van der Waals surface area contributed by atoms with Gasteiger partial charge >= 0.3 is 5.97 Å². The van der Waals surface area contributed by atoms with Crippen LogP contribution in [0.4, 0.5) is 4.39 Å². The Balaban J connectivity index is 2.01. The zero-order chi connectivity index (χ0) is 17.5. The van der Waals surface area contributed by atoms with Crippen LogP contribution in [0, 0.1) is 5.82 Å². The third kappa shape index (κ3) is 5.35. The second-order valence-electron chi connectivity index (χ2n) is 5.75. The Morgan fingerprint density at radius 2 is 1.83 bits per heavy atom. The van der Waals surface area contributed by atoms with Gasteiger partial charge in [0.2, 0.25) is 0 Å². The summed E-state index contributed by atoms with van der Waals surface area (Å²) in [6, 6.07) is 13.9. The third-order valence-electron chi connectivity index (χ3n) is 3.37. The number of carboxylic acid groups (broad SMARTS) is 1. The number of halogens is 1. The number of aliphatic carboxylic acids is 1. The van der Waals surface area contributed by atoms with Gasteiger partial charge in [-0.15, -0.1) is 0 Å². The van der Waals surface area contributed by atoms with Crippen LogP contribution in [0.2, 0.25) is 0 Å². The lowest BCUT2D eigenvalue weighted by molar-refractivity contribution is -0.153. The van der Waals surface area contributed by atoms with Gasteiger partial charge in [0.05, 0.1) is 6.10 Å². The Hall–Kier alpha value is -2.40. The van der Waals surface area contributed by atoms with Crippen LogP contribution in [-0.4, -0.2) is 23.3 Å². The highest BCUT2D eigenvalue weighted by molar-refractivity contribution is 5.72. The first-order valence-corrected chi connectivity index (χ1v) is 7.79. The van der Waals surface area contributed by atoms with Crippen molar-refractivity contribution in [1.29, 1.82) is 0 Å². The molecule has 0 fully saturated rings. The van der Waals surface area contributed by atoms with E-state index >= 15 is 0 Å². The van der Waals surface area contributed by atoms with Gasteiger partial charge in [-0.3, -0.25) is 0 Å². The summed E-state index contributed by atoms with van der Waals surface area (Å²) in [5, 5.41) is 9.17. The normalized spacial score (nSPS) is 12.2. The van der Waals surface area contributed by atoms with E-state index in [9.17, 15) is 14.3 Å². The van der Waals surface area contributed by atoms with Crippen molar-refractivity contribution in [2.24, 2.45) is 0 Å². The third-order valence-corrected chi connectivity index (χ3v) is 3.37. The molecular weight excluding hydrogens is 311 g/mol. The molecule has 1 unspecified atom stereocenters. The Bertz CT molecular complexity index is 670. The van der Waals surface area contributed by atoms with Crippen molar-refractivity contribution in [2.45, 2.75) is 39.1 Å². The van der Waals surface area contributed by atoms with Crippen LogP contribution in [0.15, 0.2) is 48.5 Å². The summed E-state index contributed by atoms with van der Waals surface area (Å²) < 4.78 is 25.0. The highest BCUT2D eigenvalue weighted by Gasteiger charge is 2.20. The van der Waals surface area contributed by atoms with Gasteiger partial charge in [0.15, 0.2) is 17.7 Å². The summed E-state index contributed by atoms with van der Waals surface area (Å²) >= 11 is 0. The molecule has 0 amide bonds. The monoisotopic (exact) mass is 332 g/mol. The molecule has 2 aromatic carbocycles. The van der Waals surface area contributed by atoms with Crippen LogP contribution in [0.3, 0.4) is 0 Å². The lowest BCUT2D eigenvalue weighted by atomic mass is 10.1. The van der Waals surface area contributed by atoms with Gasteiger partial charge in [-0.2, -0.15) is 0 Å². The maximum Gasteiger partial charge on any atom is 0.333 e. The molecule has 0 saturated carbocycles. The summed E-state index contributed by atoms with van der Waals surface area (Å²) in [6.07, 6.45) is -1.12. The van der Waals surface area contributed by atoms with Gasteiger partial charge < -0.3 is 14.6 Å². The molecule has 0 aliphatic heterocycles. The van der Waals surface area contributed by atoms with E-state index in [4.69, 9.17) is 9.47 Å². The Kier molecular flexibility index (Phi) is 6.32. The topological polar surface area (TPSA) is 55.8 Å². The van der Waals surface area contributed by atoms with E-state index in [-0.39, 0.29) is 24.9 Å². The maximum atomic E-state index is 14.2. The minimum atomic E-state index is -1.06. The number of ether oxygens (including phenoxy) is 2. The van der Waals surface area contributed by atoms with Crippen molar-refractivity contribution >= 4 is 5.97 Å². The SMILES string of the molecule is CC(C)OC(Cc1ccc(OCc2ccccc2)c(F)c1)C(=O)O. The van der Waals surface area contributed by atoms with Gasteiger partial charge in [0, 0.05) is 6.42 Å². The van der Waals surface area contributed by atoms with Crippen LogP contribution in [0.25, 0.3) is 0 Å². The van der Waals surface area contributed by atoms with Gasteiger partial charge in [-0.05, 0) is 37.1 Å². The average molecular weight is 332 g/mol. The molecule has 4 nitrogen and oxygen atoms in total. The first-order chi connectivity index (χ1) is 11.5. The first kappa shape index (κ1) is 17.9. The predicted octanol–water partition coefficient (Wildman–Crippen LogP) is 3.83. The molecular formula is C19H21FO4. The van der Waals surface area contributed by atoms with Crippen molar-refractivity contribution in [1.82, 2.24) is 0 Å². The molecule has 2 aromatic rings. The molecule has 0 spiro atoms. The quantitative estimate of drug-likeness (QED) is 0.798. The molecule has 0 saturated heterocycles. The smallest absolute Gasteiger partial charge is 0.333 e. The second kappa shape index (κ2) is 8.45. The van der Waals surface area contributed by atoms with Gasteiger partial charge in [-0.1, -0.05) is 36.4 Å². The minimum Gasteiger partial charge on any atom is -0.486 e. The fourth-order valence-electron chi connectivity index (χ4n) is 2.26. The van der Waals surface area contributed by atoms with Crippen LogP contribution in [-0.2, 0) is 22.6 Å². The zero-order valence-corrected chi connectivity index (χ0v) is 13.7. The van der Waals surface area contributed by atoms with E-state index in [1.54, 1.807) is 19.9 Å². The zero-order valence-electron chi connectivity index (χ0n) is 13.7. The van der Waals surface area contributed by atoms with Crippen LogP contribution in [0.5, 0.6) is 5.75 Å². The Morgan fingerprint density at radius 1 is 1.12 bits per heavy atom. The predicted molar refractivity (Wildman–Crippen MR) is 88.5 cm³/mol. The molecule has 0 aromatic heterocycles. The van der Waals surface area contributed by atoms with E-state index in [1.165, 1.54) is 12.1 Å². The molecule has 0 bridgehead atoms. The molecule has 1 N–H and O–H groups in total. The highest BCUT2D eigenvalue weighted by atomic mass is 19.1. The molecule has 0 aliphatic rings. The summed E-state index contributed by atoms with van der Waals surface area (Å²) in [5.74, 6) is -1.44. The van der Waals surface area contributed by atoms with Gasteiger partial charge in [-0.25, -0.2) is 9.18 Å². The Labute approximate surface area is 140 Å². The summed E-state index contributed by atoms with van der Waals surface area (Å²) in [5.41, 5.74) is 1.49. The number of rotatable bonds is 8.